The lowest BCUT2D eigenvalue weighted by atomic mass is 10.0. The van der Waals surface area contributed by atoms with Crippen LogP contribution in [0.2, 0.25) is 0 Å². The molecule has 6 heteroatoms. The maximum absolute atomic E-state index is 11.5. The average Bonchev–Trinajstić information content (AvgIpc) is 2.73. The number of hydrogen-bond acceptors (Lipinski definition) is 5. The summed E-state index contributed by atoms with van der Waals surface area (Å²) >= 11 is 0. The lowest BCUT2D eigenvalue weighted by molar-refractivity contribution is -0.384. The molecule has 0 spiro atoms. The highest BCUT2D eigenvalue weighted by atomic mass is 16.6. The van der Waals surface area contributed by atoms with E-state index in [0.29, 0.717) is 11.4 Å². The Morgan fingerprint density at radius 1 is 1.00 bits per heavy atom. The number of nitrogens with zero attached hydrogens (tertiary/aromatic N) is 3. The van der Waals surface area contributed by atoms with Crippen molar-refractivity contribution in [2.24, 2.45) is 0 Å². The van der Waals surface area contributed by atoms with Gasteiger partial charge in [0, 0.05) is 23.2 Å². The fourth-order valence-electron chi connectivity index (χ4n) is 3.24. The summed E-state index contributed by atoms with van der Waals surface area (Å²) in [6, 6.07) is 21.1. The topological polar surface area (TPSA) is 81.0 Å². The van der Waals surface area contributed by atoms with Crippen molar-refractivity contribution in [2.45, 2.75) is 13.0 Å². The number of nitrogens with one attached hydrogen (secondary N) is 1. The van der Waals surface area contributed by atoms with E-state index in [-0.39, 0.29) is 11.7 Å². The molecule has 4 aromatic rings. The molecule has 0 unspecified atom stereocenters. The van der Waals surface area contributed by atoms with Gasteiger partial charge in [-0.05, 0) is 30.7 Å². The van der Waals surface area contributed by atoms with Gasteiger partial charge in [0.25, 0.3) is 0 Å². The van der Waals surface area contributed by atoms with Gasteiger partial charge in [-0.3, -0.25) is 15.1 Å². The highest BCUT2D eigenvalue weighted by Crippen LogP contribution is 2.33. The van der Waals surface area contributed by atoms with Gasteiger partial charge in [0.1, 0.15) is 11.9 Å². The molecule has 0 bridgehead atoms. The van der Waals surface area contributed by atoms with E-state index in [4.69, 9.17) is 0 Å². The minimum atomic E-state index is -0.415. The maximum Gasteiger partial charge on any atom is 0.310 e. The van der Waals surface area contributed by atoms with Gasteiger partial charge in [-0.15, -0.1) is 0 Å². The van der Waals surface area contributed by atoms with Gasteiger partial charge in [-0.1, -0.05) is 48.5 Å². The average molecular weight is 370 g/mol. The Morgan fingerprint density at radius 2 is 1.82 bits per heavy atom. The summed E-state index contributed by atoms with van der Waals surface area (Å²) in [4.78, 5) is 19.8. The van der Waals surface area contributed by atoms with E-state index < -0.39 is 4.92 Å². The predicted molar refractivity (Wildman–Crippen MR) is 110 cm³/mol. The highest BCUT2D eigenvalue weighted by molar-refractivity contribution is 5.94. The van der Waals surface area contributed by atoms with Gasteiger partial charge < -0.3 is 5.32 Å². The van der Waals surface area contributed by atoms with Crippen LogP contribution in [0.25, 0.3) is 22.2 Å². The van der Waals surface area contributed by atoms with Crippen LogP contribution >= 0.6 is 0 Å². The van der Waals surface area contributed by atoms with Gasteiger partial charge in [0.2, 0.25) is 0 Å². The van der Waals surface area contributed by atoms with Crippen LogP contribution in [0.5, 0.6) is 0 Å². The Kier molecular flexibility index (Phi) is 4.68. The third kappa shape index (κ3) is 3.40. The van der Waals surface area contributed by atoms with E-state index >= 15 is 0 Å². The molecule has 0 aliphatic carbocycles. The summed E-state index contributed by atoms with van der Waals surface area (Å²) in [7, 11) is 0. The predicted octanol–water partition coefficient (Wildman–Crippen LogP) is 5.38. The fourth-order valence-corrected chi connectivity index (χ4v) is 3.24. The highest BCUT2D eigenvalue weighted by Gasteiger charge is 2.19. The standard InChI is InChI=1S/C22H18N4O2/c1-15(16-7-3-2-4-8-16)25-21-13-20(24-14-22(21)26(27)28)18-9-5-11-19-17(18)10-6-12-23-19/h2-15H,1H3,(H,24,25)/t15-/m1/s1. The molecule has 2 heterocycles. The molecule has 0 aliphatic rings. The summed E-state index contributed by atoms with van der Waals surface area (Å²) in [5.41, 5.74) is 3.83. The molecule has 2 aromatic carbocycles. The Balaban J connectivity index is 1.78. The Bertz CT molecular complexity index is 1140. The summed E-state index contributed by atoms with van der Waals surface area (Å²) in [5.74, 6) is 0. The minimum Gasteiger partial charge on any atom is -0.373 e. The fraction of sp³-hybridized carbons (Fsp3) is 0.0909. The summed E-state index contributed by atoms with van der Waals surface area (Å²) < 4.78 is 0. The first-order valence-corrected chi connectivity index (χ1v) is 8.93. The van der Waals surface area contributed by atoms with Crippen molar-refractivity contribution in [3.8, 4) is 11.3 Å². The number of benzene rings is 2. The van der Waals surface area contributed by atoms with Gasteiger partial charge >= 0.3 is 5.69 Å². The smallest absolute Gasteiger partial charge is 0.310 e. The number of aromatic nitrogens is 2. The zero-order valence-corrected chi connectivity index (χ0v) is 15.2. The number of rotatable bonds is 5. The molecule has 6 nitrogen and oxygen atoms in total. The molecule has 0 fully saturated rings. The molecular weight excluding hydrogens is 352 g/mol. The monoisotopic (exact) mass is 370 g/mol. The van der Waals surface area contributed by atoms with E-state index in [1.165, 1.54) is 6.20 Å². The van der Waals surface area contributed by atoms with Crippen molar-refractivity contribution in [1.82, 2.24) is 9.97 Å². The maximum atomic E-state index is 11.5. The second-order valence-corrected chi connectivity index (χ2v) is 6.50. The molecule has 4 rings (SSSR count). The molecule has 1 atom stereocenters. The molecule has 28 heavy (non-hydrogen) atoms. The van der Waals surface area contributed by atoms with E-state index in [9.17, 15) is 10.1 Å². The summed E-state index contributed by atoms with van der Waals surface area (Å²) in [6.07, 6.45) is 3.05. The molecule has 0 amide bonds. The number of pyridine rings is 2. The van der Waals surface area contributed by atoms with Crippen molar-refractivity contribution in [3.05, 3.63) is 94.8 Å². The first-order chi connectivity index (χ1) is 13.6. The van der Waals surface area contributed by atoms with Crippen LogP contribution in [0.3, 0.4) is 0 Å². The third-order valence-corrected chi connectivity index (χ3v) is 4.67. The summed E-state index contributed by atoms with van der Waals surface area (Å²) in [5, 5.41) is 15.7. The van der Waals surface area contributed by atoms with Crippen molar-refractivity contribution in [3.63, 3.8) is 0 Å². The largest absolute Gasteiger partial charge is 0.373 e. The Hall–Kier alpha value is -3.80. The van der Waals surface area contributed by atoms with Crippen LogP contribution in [0, 0.1) is 10.1 Å². The SMILES string of the molecule is C[C@@H](Nc1cc(-c2cccc3ncccc23)ncc1[N+](=O)[O-])c1ccccc1. The van der Waals surface area contributed by atoms with Crippen LogP contribution < -0.4 is 5.32 Å². The van der Waals surface area contributed by atoms with Gasteiger partial charge in [-0.25, -0.2) is 4.98 Å². The quantitative estimate of drug-likeness (QED) is 0.377. The van der Waals surface area contributed by atoms with Crippen LogP contribution in [0.4, 0.5) is 11.4 Å². The Labute approximate surface area is 162 Å². The van der Waals surface area contributed by atoms with Crippen molar-refractivity contribution >= 4 is 22.3 Å². The minimum absolute atomic E-state index is 0.0510. The first-order valence-electron chi connectivity index (χ1n) is 8.93. The van der Waals surface area contributed by atoms with Gasteiger partial charge in [0.15, 0.2) is 0 Å². The van der Waals surface area contributed by atoms with E-state index in [1.54, 1.807) is 12.3 Å². The van der Waals surface area contributed by atoms with Crippen LogP contribution in [-0.2, 0) is 0 Å². The molecule has 1 N–H and O–H groups in total. The molecule has 0 aliphatic heterocycles. The normalized spacial score (nSPS) is 11.9. The van der Waals surface area contributed by atoms with Gasteiger partial charge in [-0.2, -0.15) is 0 Å². The van der Waals surface area contributed by atoms with E-state index in [0.717, 1.165) is 22.0 Å². The lowest BCUT2D eigenvalue weighted by Gasteiger charge is -2.16. The second-order valence-electron chi connectivity index (χ2n) is 6.50. The molecule has 0 saturated carbocycles. The van der Waals surface area contributed by atoms with Crippen LogP contribution in [0.15, 0.2) is 79.1 Å². The Morgan fingerprint density at radius 3 is 2.61 bits per heavy atom. The zero-order chi connectivity index (χ0) is 19.5. The van der Waals surface area contributed by atoms with Crippen molar-refractivity contribution in [1.29, 1.82) is 0 Å². The van der Waals surface area contributed by atoms with Crippen molar-refractivity contribution < 1.29 is 4.92 Å². The molecule has 0 saturated heterocycles. The number of nitro groups is 1. The van der Waals surface area contributed by atoms with Crippen molar-refractivity contribution in [2.75, 3.05) is 5.32 Å². The number of hydrogen-bond donors (Lipinski definition) is 1. The molecular formula is C22H18N4O2. The molecule has 138 valence electrons. The van der Waals surface area contributed by atoms with E-state index in [1.807, 2.05) is 67.6 Å². The van der Waals surface area contributed by atoms with Crippen LogP contribution in [0.1, 0.15) is 18.5 Å². The number of anilines is 1. The number of fused-ring (bicyclic) bond motifs is 1. The lowest BCUT2D eigenvalue weighted by Crippen LogP contribution is -2.09. The van der Waals surface area contributed by atoms with Gasteiger partial charge in [0.05, 0.1) is 16.1 Å². The van der Waals surface area contributed by atoms with Crippen LogP contribution in [-0.4, -0.2) is 14.9 Å². The first kappa shape index (κ1) is 17.6. The van der Waals surface area contributed by atoms with E-state index in [2.05, 4.69) is 15.3 Å². The third-order valence-electron chi connectivity index (χ3n) is 4.67. The molecule has 0 radical (unpaired) electrons. The second kappa shape index (κ2) is 7.44. The summed E-state index contributed by atoms with van der Waals surface area (Å²) in [6.45, 7) is 1.97. The zero-order valence-electron chi connectivity index (χ0n) is 15.2. The molecule has 2 aromatic heterocycles.